The van der Waals surface area contributed by atoms with Gasteiger partial charge in [0.15, 0.2) is 0 Å². The Hall–Kier alpha value is -1.39. The van der Waals surface area contributed by atoms with E-state index >= 15 is 0 Å². The van der Waals surface area contributed by atoms with Crippen molar-refractivity contribution >= 4 is 61.2 Å². The number of aromatic hydroxyl groups is 1. The van der Waals surface area contributed by atoms with Crippen molar-refractivity contribution in [3.63, 3.8) is 0 Å². The van der Waals surface area contributed by atoms with Crippen LogP contribution in [0.25, 0.3) is 10.8 Å². The molecule has 0 unspecified atom stereocenters. The van der Waals surface area contributed by atoms with E-state index in [9.17, 15) is 18.1 Å². The van der Waals surface area contributed by atoms with Crippen LogP contribution >= 0.6 is 23.2 Å². The number of nitrogens with two attached hydrogens (primary N) is 1. The van der Waals surface area contributed by atoms with Crippen LogP contribution in [0.5, 0.6) is 5.75 Å². The first-order chi connectivity index (χ1) is 12.2. The van der Waals surface area contributed by atoms with E-state index in [0.717, 1.165) is 12.1 Å². The van der Waals surface area contributed by atoms with Crippen LogP contribution in [0.4, 0.5) is 17.1 Å². The molecule has 0 atom stereocenters. The van der Waals surface area contributed by atoms with Gasteiger partial charge in [0.25, 0.3) is 0 Å². The van der Waals surface area contributed by atoms with Gasteiger partial charge in [-0.3, -0.25) is 0 Å². The first kappa shape index (κ1) is 21.9. The minimum atomic E-state index is -4.73. The fraction of sp³-hybridized carbons (Fsp3) is 0. The fourth-order valence-corrected chi connectivity index (χ4v) is 3.14. The van der Waals surface area contributed by atoms with Gasteiger partial charge in [0, 0.05) is 0 Å². The molecule has 0 aliphatic heterocycles. The molecule has 0 aromatic heterocycles. The van der Waals surface area contributed by atoms with E-state index in [4.69, 9.17) is 28.9 Å². The summed E-state index contributed by atoms with van der Waals surface area (Å²) >= 11 is 11.8. The molecule has 0 saturated carbocycles. The number of hydrogen-bond donors (Lipinski definition) is 2. The molecule has 0 aliphatic carbocycles. The molecule has 0 aliphatic rings. The third-order valence-electron chi connectivity index (χ3n) is 3.53. The van der Waals surface area contributed by atoms with Gasteiger partial charge in [-0.25, -0.2) is 8.42 Å². The van der Waals surface area contributed by atoms with Crippen molar-refractivity contribution in [2.75, 3.05) is 5.73 Å². The summed E-state index contributed by atoms with van der Waals surface area (Å²) in [5.74, 6) is -0.452. The fourth-order valence-electron chi connectivity index (χ4n) is 2.32. The maximum absolute atomic E-state index is 11.2. The van der Waals surface area contributed by atoms with Gasteiger partial charge in [0.05, 0.1) is 31.7 Å². The van der Waals surface area contributed by atoms with Crippen LogP contribution in [-0.4, -0.2) is 18.1 Å². The molecule has 7 nitrogen and oxygen atoms in total. The van der Waals surface area contributed by atoms with Gasteiger partial charge in [0.2, 0.25) is 0 Å². The van der Waals surface area contributed by atoms with Crippen LogP contribution < -0.4 is 35.3 Å². The Bertz CT molecular complexity index is 1170. The Morgan fingerprint density at radius 1 is 1.00 bits per heavy atom. The number of phenols is 1. The molecule has 3 aromatic rings. The average Bonchev–Trinajstić information content (AvgIpc) is 2.56. The first-order valence-corrected chi connectivity index (χ1v) is 9.21. The zero-order chi connectivity index (χ0) is 19.1. The third-order valence-corrected chi connectivity index (χ3v) is 5.08. The van der Waals surface area contributed by atoms with E-state index in [0.29, 0.717) is 15.7 Å². The van der Waals surface area contributed by atoms with E-state index < -0.39 is 20.8 Å². The van der Waals surface area contributed by atoms with Crippen LogP contribution in [0.2, 0.25) is 10.0 Å². The molecule has 0 spiro atoms. The molecule has 0 heterocycles. The summed E-state index contributed by atoms with van der Waals surface area (Å²) in [5, 5.41) is 19.3. The second-order valence-corrected chi connectivity index (χ2v) is 7.49. The first-order valence-electron chi connectivity index (χ1n) is 7.05. The number of nitrogen functional groups attached to an aromatic ring is 1. The number of anilines is 1. The number of rotatable bonds is 3. The summed E-state index contributed by atoms with van der Waals surface area (Å²) < 4.78 is 33.6. The molecule has 134 valence electrons. The minimum Gasteiger partial charge on any atom is -0.744 e. The predicted molar refractivity (Wildman–Crippen MR) is 98.6 cm³/mol. The van der Waals surface area contributed by atoms with E-state index in [1.54, 1.807) is 12.1 Å². The Morgan fingerprint density at radius 3 is 2.33 bits per heavy atom. The Kier molecular flexibility index (Phi) is 6.75. The Morgan fingerprint density at radius 2 is 1.70 bits per heavy atom. The van der Waals surface area contributed by atoms with Crippen molar-refractivity contribution in [3.8, 4) is 5.75 Å². The number of halogens is 2. The van der Waals surface area contributed by atoms with E-state index in [1.807, 2.05) is 0 Å². The smallest absolute Gasteiger partial charge is 0.744 e. The van der Waals surface area contributed by atoms with Gasteiger partial charge in [-0.05, 0) is 41.8 Å². The number of fused-ring (bicyclic) bond motifs is 1. The molecule has 0 fully saturated rings. The quantitative estimate of drug-likeness (QED) is 0.281. The summed E-state index contributed by atoms with van der Waals surface area (Å²) in [7, 11) is -4.73. The Labute approximate surface area is 186 Å². The number of nitrogens with zero attached hydrogens (tertiary/aromatic N) is 2. The molecule has 0 bridgehead atoms. The summed E-state index contributed by atoms with van der Waals surface area (Å²) in [4.78, 5) is -0.556. The van der Waals surface area contributed by atoms with Crippen molar-refractivity contribution < 1.29 is 47.6 Å². The summed E-state index contributed by atoms with van der Waals surface area (Å²) in [6.45, 7) is 0. The van der Waals surface area contributed by atoms with E-state index in [1.165, 1.54) is 18.2 Å². The van der Waals surface area contributed by atoms with Crippen molar-refractivity contribution in [1.29, 1.82) is 0 Å². The standard InChI is InChI=1S/C16H11Cl2N3O4S.Na/c17-11-3-2-9(6-12(11)18)20-21-16-13(19)4-1-8-5-10(26(23,24)25)7-14(22)15(8)16;/h1-7,22H,19H2,(H,23,24,25);/q;+1/p-1. The predicted octanol–water partition coefficient (Wildman–Crippen LogP) is 1.76. The topological polar surface area (TPSA) is 128 Å². The number of hydrogen-bond acceptors (Lipinski definition) is 7. The van der Waals surface area contributed by atoms with Crippen molar-refractivity contribution in [1.82, 2.24) is 0 Å². The minimum absolute atomic E-state index is 0. The van der Waals surface area contributed by atoms with Crippen LogP contribution in [-0.2, 0) is 10.1 Å². The molecular formula is C16H10Cl2N3NaO4S. The van der Waals surface area contributed by atoms with Gasteiger partial charge < -0.3 is 15.4 Å². The zero-order valence-corrected chi connectivity index (χ0v) is 18.2. The van der Waals surface area contributed by atoms with Crippen LogP contribution in [0.15, 0.2) is 57.6 Å². The van der Waals surface area contributed by atoms with Gasteiger partial charge >= 0.3 is 29.6 Å². The normalized spacial score (nSPS) is 11.7. The van der Waals surface area contributed by atoms with Gasteiger partial charge in [-0.2, -0.15) is 5.11 Å². The molecule has 3 N–H and O–H groups in total. The van der Waals surface area contributed by atoms with Crippen molar-refractivity contribution in [2.24, 2.45) is 10.2 Å². The monoisotopic (exact) mass is 433 g/mol. The summed E-state index contributed by atoms with van der Waals surface area (Å²) in [6.07, 6.45) is 0. The van der Waals surface area contributed by atoms with Gasteiger partial charge in [-0.1, -0.05) is 29.3 Å². The van der Waals surface area contributed by atoms with Crippen molar-refractivity contribution in [3.05, 3.63) is 52.5 Å². The molecule has 27 heavy (non-hydrogen) atoms. The van der Waals surface area contributed by atoms with Crippen LogP contribution in [0.3, 0.4) is 0 Å². The number of phenolic OH excluding ortho intramolecular Hbond substituents is 1. The van der Waals surface area contributed by atoms with E-state index in [2.05, 4.69) is 10.2 Å². The zero-order valence-electron chi connectivity index (χ0n) is 13.8. The van der Waals surface area contributed by atoms with Crippen LogP contribution in [0.1, 0.15) is 0 Å². The maximum Gasteiger partial charge on any atom is 1.00 e. The average molecular weight is 434 g/mol. The third kappa shape index (κ3) is 4.72. The van der Waals surface area contributed by atoms with Gasteiger partial charge in [0.1, 0.15) is 21.6 Å². The molecule has 11 heteroatoms. The molecule has 3 aromatic carbocycles. The largest absolute Gasteiger partial charge is 1.00 e. The SMILES string of the molecule is Nc1ccc2cc(S(=O)(=O)[O-])cc(O)c2c1N=Nc1ccc(Cl)c(Cl)c1.[Na+]. The molecule has 0 amide bonds. The molecule has 0 radical (unpaired) electrons. The maximum atomic E-state index is 11.2. The Balaban J connectivity index is 0.00000261. The molecule has 3 rings (SSSR count). The van der Waals surface area contributed by atoms with Gasteiger partial charge in [-0.15, -0.1) is 5.11 Å². The van der Waals surface area contributed by atoms with E-state index in [-0.39, 0.29) is 51.7 Å². The molecular weight excluding hydrogens is 424 g/mol. The number of azo groups is 1. The second-order valence-electron chi connectivity index (χ2n) is 5.30. The number of benzene rings is 3. The van der Waals surface area contributed by atoms with Crippen molar-refractivity contribution in [2.45, 2.75) is 4.90 Å². The van der Waals surface area contributed by atoms with Crippen LogP contribution in [0, 0.1) is 0 Å². The molecule has 0 saturated heterocycles. The summed E-state index contributed by atoms with van der Waals surface area (Å²) in [5.41, 5.74) is 6.63. The second kappa shape index (κ2) is 8.32. The summed E-state index contributed by atoms with van der Waals surface area (Å²) in [6, 6.07) is 9.55.